The van der Waals surface area contributed by atoms with E-state index >= 15 is 0 Å². The Hall–Kier alpha value is -3.13. The van der Waals surface area contributed by atoms with Crippen molar-refractivity contribution in [2.75, 3.05) is 7.05 Å². The lowest BCUT2D eigenvalue weighted by atomic mass is 10.0. The van der Waals surface area contributed by atoms with Crippen LogP contribution in [0.2, 0.25) is 0 Å². The van der Waals surface area contributed by atoms with Crippen LogP contribution in [0.3, 0.4) is 0 Å². The summed E-state index contributed by atoms with van der Waals surface area (Å²) in [6.45, 7) is 4.11. The van der Waals surface area contributed by atoms with Gasteiger partial charge in [0.05, 0.1) is 5.70 Å². The van der Waals surface area contributed by atoms with Gasteiger partial charge in [-0.2, -0.15) is 0 Å². The third-order valence-corrected chi connectivity index (χ3v) is 3.86. The molecule has 0 amide bonds. The minimum absolute atomic E-state index is 0.739. The number of aliphatic imine (C=N–C) groups is 1. The number of amidine groups is 1. The molecule has 0 saturated carbocycles. The minimum atomic E-state index is 0.739. The molecule has 0 saturated heterocycles. The Morgan fingerprint density at radius 3 is 1.83 bits per heavy atom. The van der Waals surface area contributed by atoms with Crippen LogP contribution in [0.4, 0.5) is 0 Å². The first-order valence-corrected chi connectivity index (χ1v) is 7.94. The van der Waals surface area contributed by atoms with Crippen molar-refractivity contribution in [2.24, 2.45) is 4.99 Å². The minimum Gasteiger partial charge on any atom is -0.373 e. The molecular weight excluding hydrogens is 292 g/mol. The average molecular weight is 312 g/mol. The normalized spacial score (nSPS) is 11.1. The van der Waals surface area contributed by atoms with Crippen molar-refractivity contribution < 1.29 is 0 Å². The molecule has 3 aromatic rings. The molecule has 0 aliphatic heterocycles. The number of benzene rings is 3. The van der Waals surface area contributed by atoms with Crippen molar-refractivity contribution >= 4 is 11.5 Å². The maximum Gasteiger partial charge on any atom is 0.133 e. The summed E-state index contributed by atoms with van der Waals surface area (Å²) in [7, 11) is 1.87. The Bertz CT molecular complexity index is 832. The van der Waals surface area contributed by atoms with Crippen molar-refractivity contribution in [3.8, 4) is 11.1 Å². The molecule has 118 valence electrons. The fourth-order valence-electron chi connectivity index (χ4n) is 2.55. The van der Waals surface area contributed by atoms with Gasteiger partial charge >= 0.3 is 0 Å². The zero-order valence-electron chi connectivity index (χ0n) is 13.7. The van der Waals surface area contributed by atoms with Gasteiger partial charge in [0.15, 0.2) is 0 Å². The molecule has 0 unspecified atom stereocenters. The zero-order valence-corrected chi connectivity index (χ0v) is 13.7. The summed E-state index contributed by atoms with van der Waals surface area (Å²) in [4.78, 5) is 4.65. The lowest BCUT2D eigenvalue weighted by molar-refractivity contribution is 1.16. The summed E-state index contributed by atoms with van der Waals surface area (Å²) in [6.07, 6.45) is 0. The maximum atomic E-state index is 4.65. The molecule has 0 aliphatic rings. The van der Waals surface area contributed by atoms with Crippen molar-refractivity contribution in [1.29, 1.82) is 0 Å². The second-order valence-electron chi connectivity index (χ2n) is 5.47. The molecule has 0 aromatic heterocycles. The quantitative estimate of drug-likeness (QED) is 0.532. The fraction of sp³-hybridized carbons (Fsp3) is 0.0455. The molecule has 1 N–H and O–H groups in total. The van der Waals surface area contributed by atoms with Gasteiger partial charge < -0.3 is 5.32 Å². The maximum absolute atomic E-state index is 4.65. The fourth-order valence-corrected chi connectivity index (χ4v) is 2.55. The van der Waals surface area contributed by atoms with E-state index in [0.717, 1.165) is 22.7 Å². The zero-order chi connectivity index (χ0) is 16.8. The van der Waals surface area contributed by atoms with Gasteiger partial charge in [0, 0.05) is 12.6 Å². The Labute approximate surface area is 143 Å². The Morgan fingerprint density at radius 1 is 0.708 bits per heavy atom. The molecule has 0 fully saturated rings. The summed E-state index contributed by atoms with van der Waals surface area (Å²) in [5.74, 6) is 0.813. The van der Waals surface area contributed by atoms with E-state index in [1.807, 2.05) is 55.6 Å². The van der Waals surface area contributed by atoms with E-state index in [4.69, 9.17) is 0 Å². The highest BCUT2D eigenvalue weighted by Gasteiger charge is 2.04. The molecule has 0 bridgehead atoms. The average Bonchev–Trinajstić information content (AvgIpc) is 2.67. The van der Waals surface area contributed by atoms with E-state index in [1.54, 1.807) is 0 Å². The highest BCUT2D eigenvalue weighted by Crippen LogP contribution is 2.22. The smallest absolute Gasteiger partial charge is 0.133 e. The van der Waals surface area contributed by atoms with Gasteiger partial charge in [0.2, 0.25) is 0 Å². The monoisotopic (exact) mass is 312 g/mol. The predicted octanol–water partition coefficient (Wildman–Crippen LogP) is 4.99. The highest BCUT2D eigenvalue weighted by atomic mass is 15.0. The molecule has 2 heteroatoms. The van der Waals surface area contributed by atoms with Crippen LogP contribution in [0.5, 0.6) is 0 Å². The Balaban J connectivity index is 1.84. The van der Waals surface area contributed by atoms with E-state index in [2.05, 4.69) is 53.3 Å². The molecule has 2 nitrogen and oxygen atoms in total. The molecule has 0 atom stereocenters. The van der Waals surface area contributed by atoms with Gasteiger partial charge in [-0.05, 0) is 16.7 Å². The summed E-state index contributed by atoms with van der Waals surface area (Å²) >= 11 is 0. The van der Waals surface area contributed by atoms with Crippen LogP contribution in [-0.4, -0.2) is 12.9 Å². The van der Waals surface area contributed by atoms with Gasteiger partial charge in [0.25, 0.3) is 0 Å². The molecule has 24 heavy (non-hydrogen) atoms. The number of hydrogen-bond acceptors (Lipinski definition) is 1. The Kier molecular flexibility index (Phi) is 4.87. The highest BCUT2D eigenvalue weighted by molar-refractivity contribution is 6.01. The number of nitrogens with zero attached hydrogens (tertiary/aromatic N) is 1. The Morgan fingerprint density at radius 2 is 1.25 bits per heavy atom. The predicted molar refractivity (Wildman–Crippen MR) is 103 cm³/mol. The van der Waals surface area contributed by atoms with Crippen LogP contribution < -0.4 is 5.32 Å². The first-order chi connectivity index (χ1) is 11.8. The topological polar surface area (TPSA) is 24.4 Å². The van der Waals surface area contributed by atoms with Crippen LogP contribution >= 0.6 is 0 Å². The second kappa shape index (κ2) is 7.42. The lowest BCUT2D eigenvalue weighted by Crippen LogP contribution is -2.19. The van der Waals surface area contributed by atoms with E-state index in [9.17, 15) is 0 Å². The van der Waals surface area contributed by atoms with Gasteiger partial charge in [-0.1, -0.05) is 91.5 Å². The SMILES string of the molecule is C=C(/N=C(\NC)c1ccccc1)c1ccc(-c2ccccc2)cc1. The number of rotatable bonds is 4. The van der Waals surface area contributed by atoms with E-state index < -0.39 is 0 Å². The lowest BCUT2D eigenvalue weighted by Gasteiger charge is -2.08. The van der Waals surface area contributed by atoms with Crippen molar-refractivity contribution in [2.45, 2.75) is 0 Å². The van der Waals surface area contributed by atoms with Crippen molar-refractivity contribution in [1.82, 2.24) is 5.32 Å². The largest absolute Gasteiger partial charge is 0.373 e. The van der Waals surface area contributed by atoms with Gasteiger partial charge in [-0.25, -0.2) is 4.99 Å². The third kappa shape index (κ3) is 3.61. The van der Waals surface area contributed by atoms with Crippen molar-refractivity contribution in [3.63, 3.8) is 0 Å². The van der Waals surface area contributed by atoms with Crippen molar-refractivity contribution in [3.05, 3.63) is 103 Å². The summed E-state index contributed by atoms with van der Waals surface area (Å²) in [5, 5.41) is 3.15. The van der Waals surface area contributed by atoms with Crippen LogP contribution in [0.15, 0.2) is 96.5 Å². The van der Waals surface area contributed by atoms with Crippen LogP contribution in [0.25, 0.3) is 16.8 Å². The first-order valence-electron chi connectivity index (χ1n) is 7.94. The number of nitrogens with one attached hydrogen (secondary N) is 1. The first kappa shape index (κ1) is 15.8. The van der Waals surface area contributed by atoms with Crippen LogP contribution in [0.1, 0.15) is 11.1 Å². The van der Waals surface area contributed by atoms with Gasteiger partial charge in [0.1, 0.15) is 5.84 Å². The molecule has 3 aromatic carbocycles. The molecular formula is C22H20N2. The second-order valence-corrected chi connectivity index (χ2v) is 5.47. The molecule has 0 aliphatic carbocycles. The summed E-state index contributed by atoms with van der Waals surface area (Å²) in [5.41, 5.74) is 5.19. The number of hydrogen-bond donors (Lipinski definition) is 1. The van der Waals surface area contributed by atoms with Crippen LogP contribution in [0, 0.1) is 0 Å². The summed E-state index contributed by atoms with van der Waals surface area (Å²) < 4.78 is 0. The molecule has 0 radical (unpaired) electrons. The van der Waals surface area contributed by atoms with E-state index in [0.29, 0.717) is 0 Å². The van der Waals surface area contributed by atoms with Crippen LogP contribution in [-0.2, 0) is 0 Å². The molecule has 0 heterocycles. The molecule has 3 rings (SSSR count). The molecule has 0 spiro atoms. The van der Waals surface area contributed by atoms with E-state index in [-0.39, 0.29) is 0 Å². The van der Waals surface area contributed by atoms with Gasteiger partial charge in [-0.3, -0.25) is 0 Å². The van der Waals surface area contributed by atoms with E-state index in [1.165, 1.54) is 11.1 Å². The standard InChI is InChI=1S/C22H20N2/c1-17(24-22(23-2)21-11-7-4-8-12-21)18-13-15-20(16-14-18)19-9-5-3-6-10-19/h3-16H,1H2,2H3,(H,23,24). The summed E-state index contributed by atoms with van der Waals surface area (Å²) in [6, 6.07) is 28.7. The van der Waals surface area contributed by atoms with Gasteiger partial charge in [-0.15, -0.1) is 0 Å². The third-order valence-electron chi connectivity index (χ3n) is 3.86.